The number of nitrogens with one attached hydrogen (secondary N) is 1. The molecule has 0 fully saturated rings. The number of benzene rings is 1. The number of fused-ring (bicyclic) bond motifs is 1. The normalized spacial score (nSPS) is 9.00. The van der Waals surface area contributed by atoms with Crippen molar-refractivity contribution in [3.05, 3.63) is 36.7 Å². The molecule has 0 saturated heterocycles. The van der Waals surface area contributed by atoms with Gasteiger partial charge in [0.2, 0.25) is 5.91 Å². The Bertz CT molecular complexity index is 503. The van der Waals surface area contributed by atoms with Crippen LogP contribution in [0.2, 0.25) is 0 Å². The third-order valence-corrected chi connectivity index (χ3v) is 2.25. The van der Waals surface area contributed by atoms with E-state index in [2.05, 4.69) is 10.3 Å². The van der Waals surface area contributed by atoms with Crippen LogP contribution in [-0.2, 0) is 4.79 Å². The molecule has 0 atom stereocenters. The predicted octanol–water partition coefficient (Wildman–Crippen LogP) is 3.43. The summed E-state index contributed by atoms with van der Waals surface area (Å²) in [5.41, 5.74) is 0.834. The highest BCUT2D eigenvalue weighted by atomic mass is 35.5. The van der Waals surface area contributed by atoms with E-state index in [1.807, 2.05) is 31.2 Å². The van der Waals surface area contributed by atoms with Gasteiger partial charge in [-0.15, -0.1) is 24.8 Å². The van der Waals surface area contributed by atoms with Gasteiger partial charge in [0.15, 0.2) is 0 Å². The van der Waals surface area contributed by atoms with Gasteiger partial charge in [0, 0.05) is 29.9 Å². The average molecular weight is 273 g/mol. The molecule has 0 saturated carbocycles. The molecule has 0 aliphatic heterocycles. The maximum atomic E-state index is 11.2. The first-order valence-electron chi connectivity index (χ1n) is 4.93. The van der Waals surface area contributed by atoms with Crippen LogP contribution in [0.15, 0.2) is 36.7 Å². The molecule has 0 bridgehead atoms. The minimum atomic E-state index is 0. The van der Waals surface area contributed by atoms with Gasteiger partial charge in [-0.05, 0) is 23.6 Å². The molecule has 17 heavy (non-hydrogen) atoms. The second-order valence-electron chi connectivity index (χ2n) is 3.34. The Morgan fingerprint density at radius 1 is 1.24 bits per heavy atom. The lowest BCUT2D eigenvalue weighted by atomic mass is 10.1. The minimum Gasteiger partial charge on any atom is -0.326 e. The van der Waals surface area contributed by atoms with Crippen molar-refractivity contribution in [1.82, 2.24) is 4.98 Å². The Morgan fingerprint density at radius 3 is 2.71 bits per heavy atom. The first kappa shape index (κ1) is 15.7. The second kappa shape index (κ2) is 7.09. The summed E-state index contributed by atoms with van der Waals surface area (Å²) < 4.78 is 0. The van der Waals surface area contributed by atoms with E-state index >= 15 is 0 Å². The molecular weight excluding hydrogens is 259 g/mol. The number of aromatic nitrogens is 1. The van der Waals surface area contributed by atoms with Gasteiger partial charge < -0.3 is 5.32 Å². The van der Waals surface area contributed by atoms with Crippen LogP contribution in [0.25, 0.3) is 10.8 Å². The molecule has 0 aliphatic rings. The Labute approximate surface area is 112 Å². The maximum absolute atomic E-state index is 11.2. The molecule has 2 rings (SSSR count). The zero-order valence-electron chi connectivity index (χ0n) is 9.34. The summed E-state index contributed by atoms with van der Waals surface area (Å²) in [6, 6.07) is 7.71. The molecule has 92 valence electrons. The number of carbonyl (C=O) groups excluding carboxylic acids is 1. The van der Waals surface area contributed by atoms with Crippen molar-refractivity contribution in [1.29, 1.82) is 0 Å². The molecule has 0 unspecified atom stereocenters. The highest BCUT2D eigenvalue weighted by Gasteiger charge is 1.99. The summed E-state index contributed by atoms with van der Waals surface area (Å²) in [6.07, 6.45) is 4.04. The fourth-order valence-electron chi connectivity index (χ4n) is 1.41. The number of hydrogen-bond acceptors (Lipinski definition) is 2. The van der Waals surface area contributed by atoms with Crippen molar-refractivity contribution in [2.24, 2.45) is 0 Å². The van der Waals surface area contributed by atoms with Crippen molar-refractivity contribution < 1.29 is 4.79 Å². The van der Waals surface area contributed by atoms with Gasteiger partial charge in [0.05, 0.1) is 0 Å². The van der Waals surface area contributed by atoms with E-state index in [9.17, 15) is 4.79 Å². The van der Waals surface area contributed by atoms with Gasteiger partial charge >= 0.3 is 0 Å². The number of amides is 1. The molecule has 0 radical (unpaired) electrons. The fourth-order valence-corrected chi connectivity index (χ4v) is 1.41. The standard InChI is InChI=1S/C12H12N2O.2ClH/c1-2-12(15)14-11-4-3-10-8-13-6-5-9(10)7-11;;/h3-8H,2H2,1H3,(H,14,15);2*1H. The van der Waals surface area contributed by atoms with Gasteiger partial charge in [-0.25, -0.2) is 0 Å². The van der Waals surface area contributed by atoms with Gasteiger partial charge in [-0.3, -0.25) is 9.78 Å². The van der Waals surface area contributed by atoms with Crippen molar-refractivity contribution in [3.8, 4) is 0 Å². The Morgan fingerprint density at radius 2 is 2.00 bits per heavy atom. The van der Waals surface area contributed by atoms with Gasteiger partial charge in [-0.2, -0.15) is 0 Å². The number of anilines is 1. The molecule has 1 amide bonds. The molecule has 0 aliphatic carbocycles. The van der Waals surface area contributed by atoms with E-state index < -0.39 is 0 Å². The number of rotatable bonds is 2. The summed E-state index contributed by atoms with van der Waals surface area (Å²) in [5.74, 6) is 0.0309. The van der Waals surface area contributed by atoms with E-state index in [4.69, 9.17) is 0 Å². The first-order chi connectivity index (χ1) is 7.29. The van der Waals surface area contributed by atoms with Crippen molar-refractivity contribution in [2.75, 3.05) is 5.32 Å². The van der Waals surface area contributed by atoms with Crippen LogP contribution in [-0.4, -0.2) is 10.9 Å². The zero-order chi connectivity index (χ0) is 10.7. The van der Waals surface area contributed by atoms with E-state index in [0.29, 0.717) is 6.42 Å². The topological polar surface area (TPSA) is 42.0 Å². The summed E-state index contributed by atoms with van der Waals surface area (Å²) >= 11 is 0. The molecule has 1 aromatic heterocycles. The largest absolute Gasteiger partial charge is 0.326 e. The lowest BCUT2D eigenvalue weighted by Gasteiger charge is -2.04. The molecular formula is C12H14Cl2N2O. The quantitative estimate of drug-likeness (QED) is 0.910. The number of nitrogens with zero attached hydrogens (tertiary/aromatic N) is 1. The van der Waals surface area contributed by atoms with Crippen LogP contribution < -0.4 is 5.32 Å². The van der Waals surface area contributed by atoms with Crippen LogP contribution >= 0.6 is 24.8 Å². The number of pyridine rings is 1. The van der Waals surface area contributed by atoms with Crippen LogP contribution in [0.4, 0.5) is 5.69 Å². The van der Waals surface area contributed by atoms with E-state index in [-0.39, 0.29) is 30.7 Å². The third-order valence-electron chi connectivity index (χ3n) is 2.25. The van der Waals surface area contributed by atoms with E-state index in [0.717, 1.165) is 16.5 Å². The SMILES string of the molecule is CCC(=O)Nc1ccc2cnccc2c1.Cl.Cl. The molecule has 3 nitrogen and oxygen atoms in total. The highest BCUT2D eigenvalue weighted by molar-refractivity contribution is 5.93. The smallest absolute Gasteiger partial charge is 0.224 e. The van der Waals surface area contributed by atoms with Crippen LogP contribution in [0.5, 0.6) is 0 Å². The van der Waals surface area contributed by atoms with Crippen molar-refractivity contribution in [3.63, 3.8) is 0 Å². The molecule has 5 heteroatoms. The van der Waals surface area contributed by atoms with E-state index in [1.54, 1.807) is 12.4 Å². The Hall–Kier alpha value is -1.32. The molecule has 1 N–H and O–H groups in total. The van der Waals surface area contributed by atoms with Gasteiger partial charge in [0.1, 0.15) is 0 Å². The molecule has 1 aromatic carbocycles. The molecule has 2 aromatic rings. The zero-order valence-corrected chi connectivity index (χ0v) is 11.0. The number of carbonyl (C=O) groups is 1. The second-order valence-corrected chi connectivity index (χ2v) is 3.34. The lowest BCUT2D eigenvalue weighted by molar-refractivity contribution is -0.115. The first-order valence-corrected chi connectivity index (χ1v) is 4.93. The lowest BCUT2D eigenvalue weighted by Crippen LogP contribution is -2.09. The summed E-state index contributed by atoms with van der Waals surface area (Å²) in [7, 11) is 0. The third kappa shape index (κ3) is 3.88. The minimum absolute atomic E-state index is 0. The maximum Gasteiger partial charge on any atom is 0.224 e. The van der Waals surface area contributed by atoms with Crippen molar-refractivity contribution in [2.45, 2.75) is 13.3 Å². The number of halogens is 2. The predicted molar refractivity (Wildman–Crippen MR) is 75.2 cm³/mol. The average Bonchev–Trinajstić information content (AvgIpc) is 2.29. The molecule has 0 spiro atoms. The fraction of sp³-hybridized carbons (Fsp3) is 0.167. The Kier molecular flexibility index (Phi) is 6.54. The molecule has 1 heterocycles. The van der Waals surface area contributed by atoms with Crippen LogP contribution in [0, 0.1) is 0 Å². The van der Waals surface area contributed by atoms with Gasteiger partial charge in [-0.1, -0.05) is 13.0 Å². The number of hydrogen-bond donors (Lipinski definition) is 1. The van der Waals surface area contributed by atoms with E-state index in [1.165, 1.54) is 0 Å². The monoisotopic (exact) mass is 272 g/mol. The van der Waals surface area contributed by atoms with Crippen LogP contribution in [0.1, 0.15) is 13.3 Å². The highest BCUT2D eigenvalue weighted by Crippen LogP contribution is 2.17. The summed E-state index contributed by atoms with van der Waals surface area (Å²) in [5, 5.41) is 4.98. The van der Waals surface area contributed by atoms with Crippen LogP contribution in [0.3, 0.4) is 0 Å². The van der Waals surface area contributed by atoms with Crippen molar-refractivity contribution >= 4 is 47.2 Å². The summed E-state index contributed by atoms with van der Waals surface area (Å²) in [6.45, 7) is 1.83. The Balaban J connectivity index is 0.00000128. The van der Waals surface area contributed by atoms with Gasteiger partial charge in [0.25, 0.3) is 0 Å². The summed E-state index contributed by atoms with van der Waals surface area (Å²) in [4.78, 5) is 15.2.